The molecule has 2 aromatic rings. The van der Waals surface area contributed by atoms with Crippen molar-refractivity contribution in [1.29, 1.82) is 0 Å². The van der Waals surface area contributed by atoms with Crippen LogP contribution in [0.3, 0.4) is 0 Å². The fraction of sp³-hybridized carbons (Fsp3) is 0.429. The molecular weight excluding hydrogens is 266 g/mol. The molecule has 3 aliphatic carbocycles. The van der Waals surface area contributed by atoms with Crippen LogP contribution in [0.1, 0.15) is 54.9 Å². The Hall–Kier alpha value is -1.60. The van der Waals surface area contributed by atoms with Crippen molar-refractivity contribution in [3.05, 3.63) is 70.8 Å². The highest BCUT2D eigenvalue weighted by atomic mass is 15.1. The van der Waals surface area contributed by atoms with Gasteiger partial charge in [-0.2, -0.15) is 0 Å². The molecule has 2 aromatic carbocycles. The van der Waals surface area contributed by atoms with E-state index >= 15 is 0 Å². The van der Waals surface area contributed by atoms with Crippen molar-refractivity contribution in [2.75, 3.05) is 19.6 Å². The molecule has 0 radical (unpaired) electrons. The van der Waals surface area contributed by atoms with Gasteiger partial charge in [-0.1, -0.05) is 62.4 Å². The molecule has 0 amide bonds. The van der Waals surface area contributed by atoms with E-state index in [2.05, 4.69) is 67.3 Å². The molecule has 0 N–H and O–H groups in total. The van der Waals surface area contributed by atoms with Gasteiger partial charge in [-0.05, 0) is 48.2 Å². The molecule has 114 valence electrons. The molecule has 1 nitrogen and oxygen atoms in total. The SMILES string of the molecule is CCN(CC)CC12CCC(c3ccccc31)c1ccccc12. The number of fused-ring (bicyclic) bond motifs is 1. The summed E-state index contributed by atoms with van der Waals surface area (Å²) in [7, 11) is 0. The summed E-state index contributed by atoms with van der Waals surface area (Å²) in [6.07, 6.45) is 2.59. The smallest absolute Gasteiger partial charge is 0.0336 e. The molecule has 22 heavy (non-hydrogen) atoms. The monoisotopic (exact) mass is 291 g/mol. The van der Waals surface area contributed by atoms with E-state index in [1.807, 2.05) is 0 Å². The van der Waals surface area contributed by atoms with Crippen LogP contribution >= 0.6 is 0 Å². The topological polar surface area (TPSA) is 3.24 Å². The van der Waals surface area contributed by atoms with Crippen molar-refractivity contribution in [2.24, 2.45) is 0 Å². The van der Waals surface area contributed by atoms with Gasteiger partial charge >= 0.3 is 0 Å². The number of hydrogen-bond acceptors (Lipinski definition) is 1. The second-order valence-electron chi connectivity index (χ2n) is 6.81. The predicted molar refractivity (Wildman–Crippen MR) is 92.5 cm³/mol. The maximum Gasteiger partial charge on any atom is 0.0336 e. The molecular formula is C21H25N. The molecule has 3 aliphatic rings. The first-order valence-electron chi connectivity index (χ1n) is 8.71. The van der Waals surface area contributed by atoms with Crippen LogP contribution in [-0.4, -0.2) is 24.5 Å². The first-order valence-corrected chi connectivity index (χ1v) is 8.71. The Morgan fingerprint density at radius 1 is 0.909 bits per heavy atom. The highest BCUT2D eigenvalue weighted by Crippen LogP contribution is 2.56. The summed E-state index contributed by atoms with van der Waals surface area (Å²) in [6, 6.07) is 18.4. The average molecular weight is 291 g/mol. The third-order valence-corrected chi connectivity index (χ3v) is 5.95. The first-order chi connectivity index (χ1) is 10.8. The van der Waals surface area contributed by atoms with E-state index < -0.39 is 0 Å². The Morgan fingerprint density at radius 3 is 2.00 bits per heavy atom. The van der Waals surface area contributed by atoms with Crippen molar-refractivity contribution < 1.29 is 0 Å². The van der Waals surface area contributed by atoms with Crippen molar-refractivity contribution in [3.63, 3.8) is 0 Å². The molecule has 0 saturated heterocycles. The van der Waals surface area contributed by atoms with Crippen molar-refractivity contribution >= 4 is 0 Å². The van der Waals surface area contributed by atoms with Crippen molar-refractivity contribution in [2.45, 2.75) is 38.0 Å². The van der Waals surface area contributed by atoms with Crippen LogP contribution in [0, 0.1) is 0 Å². The van der Waals surface area contributed by atoms with Gasteiger partial charge in [0.25, 0.3) is 0 Å². The van der Waals surface area contributed by atoms with E-state index in [4.69, 9.17) is 0 Å². The molecule has 0 spiro atoms. The molecule has 0 atom stereocenters. The van der Waals surface area contributed by atoms with Crippen LogP contribution in [0.2, 0.25) is 0 Å². The lowest BCUT2D eigenvalue weighted by molar-refractivity contribution is 0.217. The lowest BCUT2D eigenvalue weighted by Crippen LogP contribution is -2.48. The fourth-order valence-electron chi connectivity index (χ4n) is 4.84. The van der Waals surface area contributed by atoms with Crippen LogP contribution in [0.25, 0.3) is 0 Å². The van der Waals surface area contributed by atoms with Gasteiger partial charge in [0.05, 0.1) is 0 Å². The Balaban J connectivity index is 1.93. The van der Waals surface area contributed by atoms with E-state index in [1.165, 1.54) is 12.8 Å². The van der Waals surface area contributed by atoms with Gasteiger partial charge in [-0.25, -0.2) is 0 Å². The molecule has 0 heterocycles. The summed E-state index contributed by atoms with van der Waals surface area (Å²) in [6.45, 7) is 7.98. The van der Waals surface area contributed by atoms with Crippen LogP contribution in [0.4, 0.5) is 0 Å². The summed E-state index contributed by atoms with van der Waals surface area (Å²) < 4.78 is 0. The summed E-state index contributed by atoms with van der Waals surface area (Å²) in [5.41, 5.74) is 6.56. The summed E-state index contributed by atoms with van der Waals surface area (Å²) >= 11 is 0. The van der Waals surface area contributed by atoms with E-state index in [9.17, 15) is 0 Å². The van der Waals surface area contributed by atoms with Gasteiger partial charge in [0.2, 0.25) is 0 Å². The van der Waals surface area contributed by atoms with Crippen molar-refractivity contribution in [1.82, 2.24) is 4.90 Å². The minimum Gasteiger partial charge on any atom is -0.303 e. The maximum atomic E-state index is 2.60. The van der Waals surface area contributed by atoms with E-state index in [0.717, 1.165) is 19.6 Å². The maximum absolute atomic E-state index is 2.60. The Bertz CT molecular complexity index is 636. The van der Waals surface area contributed by atoms with Gasteiger partial charge in [0.15, 0.2) is 0 Å². The van der Waals surface area contributed by atoms with Crippen LogP contribution in [0.15, 0.2) is 48.5 Å². The zero-order chi connectivity index (χ0) is 15.2. The van der Waals surface area contributed by atoms with Crippen LogP contribution < -0.4 is 0 Å². The fourth-order valence-corrected chi connectivity index (χ4v) is 4.84. The zero-order valence-electron chi connectivity index (χ0n) is 13.7. The quantitative estimate of drug-likeness (QED) is 0.798. The predicted octanol–water partition coefficient (Wildman–Crippen LogP) is 4.55. The number of rotatable bonds is 4. The molecule has 1 heteroatoms. The van der Waals surface area contributed by atoms with Gasteiger partial charge < -0.3 is 4.90 Å². The highest BCUT2D eigenvalue weighted by molar-refractivity contribution is 5.59. The molecule has 0 unspecified atom stereocenters. The van der Waals surface area contributed by atoms with Gasteiger partial charge in [-0.3, -0.25) is 0 Å². The Kier molecular flexibility index (Phi) is 3.34. The first kappa shape index (κ1) is 14.0. The number of hydrogen-bond donors (Lipinski definition) is 0. The van der Waals surface area contributed by atoms with Crippen LogP contribution in [-0.2, 0) is 5.41 Å². The minimum absolute atomic E-state index is 0.202. The second kappa shape index (κ2) is 5.24. The van der Waals surface area contributed by atoms with Crippen LogP contribution in [0.5, 0.6) is 0 Å². The average Bonchev–Trinajstić information content (AvgIpc) is 2.60. The standard InChI is InChI=1S/C21H25N/c1-3-22(4-2)15-21-14-13-16(17-9-5-7-11-19(17)21)18-10-6-8-12-20(18)21/h5-12,16H,3-4,13-15H2,1-2H3. The molecule has 2 bridgehead atoms. The Labute approximate surface area is 134 Å². The third kappa shape index (κ3) is 1.82. The molecule has 5 rings (SSSR count). The molecule has 0 fully saturated rings. The summed E-state index contributed by atoms with van der Waals surface area (Å²) in [5.74, 6) is 0.617. The second-order valence-corrected chi connectivity index (χ2v) is 6.81. The van der Waals surface area contributed by atoms with E-state index in [1.54, 1.807) is 22.3 Å². The molecule has 0 aromatic heterocycles. The number of likely N-dealkylation sites (N-methyl/N-ethyl adjacent to an activating group) is 1. The highest BCUT2D eigenvalue weighted by Gasteiger charge is 2.48. The molecule has 0 aliphatic heterocycles. The lowest BCUT2D eigenvalue weighted by Gasteiger charge is -2.51. The zero-order valence-corrected chi connectivity index (χ0v) is 13.7. The van der Waals surface area contributed by atoms with E-state index in [0.29, 0.717) is 5.92 Å². The third-order valence-electron chi connectivity index (χ3n) is 5.95. The van der Waals surface area contributed by atoms with Gasteiger partial charge in [0, 0.05) is 17.9 Å². The summed E-state index contributed by atoms with van der Waals surface area (Å²) in [5, 5.41) is 0. The lowest BCUT2D eigenvalue weighted by atomic mass is 9.55. The normalized spacial score (nSPS) is 25.1. The van der Waals surface area contributed by atoms with Gasteiger partial charge in [0.1, 0.15) is 0 Å². The van der Waals surface area contributed by atoms with Crippen molar-refractivity contribution in [3.8, 4) is 0 Å². The number of nitrogens with zero attached hydrogens (tertiary/aromatic N) is 1. The molecule has 0 saturated carbocycles. The number of benzene rings is 2. The minimum atomic E-state index is 0.202. The van der Waals surface area contributed by atoms with E-state index in [-0.39, 0.29) is 5.41 Å². The summed E-state index contributed by atoms with van der Waals surface area (Å²) in [4.78, 5) is 2.60. The Morgan fingerprint density at radius 2 is 1.45 bits per heavy atom. The largest absolute Gasteiger partial charge is 0.303 e. The van der Waals surface area contributed by atoms with Gasteiger partial charge in [-0.15, -0.1) is 0 Å².